The molecule has 0 amide bonds. The van der Waals surface area contributed by atoms with E-state index in [0.29, 0.717) is 23.4 Å². The molecule has 0 N–H and O–H groups in total. The normalized spacial score (nSPS) is 15.5. The molecule has 2 aromatic heterocycles. The number of aromatic nitrogens is 3. The van der Waals surface area contributed by atoms with Gasteiger partial charge in [-0.1, -0.05) is 0 Å². The second-order valence-electron chi connectivity index (χ2n) is 4.48. The second-order valence-corrected chi connectivity index (χ2v) is 5.40. The third-order valence-corrected chi connectivity index (χ3v) is 3.64. The number of rotatable bonds is 2. The largest absolute Gasteiger partial charge is 0.351 e. The van der Waals surface area contributed by atoms with Crippen LogP contribution in [0, 0.1) is 5.82 Å². The Labute approximate surface area is 124 Å². The molecule has 1 saturated heterocycles. The lowest BCUT2D eigenvalue weighted by Gasteiger charge is -2.35. The average Bonchev–Trinajstić information content (AvgIpc) is 2.48. The van der Waals surface area contributed by atoms with Gasteiger partial charge in [-0.05, 0) is 28.1 Å². The Hall–Kier alpha value is -1.76. The topological polar surface area (TPSA) is 45.2 Å². The number of hydrogen-bond acceptors (Lipinski definition) is 5. The number of halogens is 2. The van der Waals surface area contributed by atoms with Crippen molar-refractivity contribution in [2.45, 2.75) is 0 Å². The first-order chi connectivity index (χ1) is 9.74. The van der Waals surface area contributed by atoms with Crippen LogP contribution >= 0.6 is 15.9 Å². The van der Waals surface area contributed by atoms with Gasteiger partial charge in [-0.15, -0.1) is 0 Å². The fourth-order valence-corrected chi connectivity index (χ4v) is 2.52. The first-order valence-electron chi connectivity index (χ1n) is 6.32. The van der Waals surface area contributed by atoms with Crippen molar-refractivity contribution in [1.82, 2.24) is 15.0 Å². The van der Waals surface area contributed by atoms with Gasteiger partial charge in [-0.25, -0.2) is 19.3 Å². The van der Waals surface area contributed by atoms with Crippen LogP contribution in [-0.4, -0.2) is 41.1 Å². The van der Waals surface area contributed by atoms with E-state index in [-0.39, 0.29) is 5.82 Å². The summed E-state index contributed by atoms with van der Waals surface area (Å²) in [7, 11) is 0. The average molecular weight is 338 g/mol. The summed E-state index contributed by atoms with van der Waals surface area (Å²) < 4.78 is 14.5. The molecular formula is C13H13BrFN5. The summed E-state index contributed by atoms with van der Waals surface area (Å²) >= 11 is 3.21. The van der Waals surface area contributed by atoms with E-state index in [1.165, 1.54) is 6.07 Å². The molecule has 0 unspecified atom stereocenters. The Morgan fingerprint density at radius 3 is 2.30 bits per heavy atom. The Bertz CT molecular complexity index is 587. The van der Waals surface area contributed by atoms with Crippen LogP contribution in [0.3, 0.4) is 0 Å². The summed E-state index contributed by atoms with van der Waals surface area (Å²) in [5, 5.41) is 0. The van der Waals surface area contributed by atoms with E-state index in [9.17, 15) is 4.39 Å². The molecule has 0 radical (unpaired) electrons. The molecule has 3 heterocycles. The third-order valence-electron chi connectivity index (χ3n) is 3.20. The predicted molar refractivity (Wildman–Crippen MR) is 78.4 cm³/mol. The van der Waals surface area contributed by atoms with E-state index in [2.05, 4.69) is 35.8 Å². The minimum Gasteiger partial charge on any atom is -0.351 e. The van der Waals surface area contributed by atoms with E-state index >= 15 is 0 Å². The zero-order valence-corrected chi connectivity index (χ0v) is 12.3. The van der Waals surface area contributed by atoms with Crippen LogP contribution in [0.1, 0.15) is 0 Å². The predicted octanol–water partition coefficient (Wildman–Crippen LogP) is 2.10. The van der Waals surface area contributed by atoms with Crippen LogP contribution in [0.25, 0.3) is 0 Å². The summed E-state index contributed by atoms with van der Waals surface area (Å²) in [4.78, 5) is 16.6. The number of anilines is 2. The minimum atomic E-state index is -0.302. The van der Waals surface area contributed by atoms with E-state index in [0.717, 1.165) is 19.0 Å². The number of pyridine rings is 1. The smallest absolute Gasteiger partial charge is 0.225 e. The van der Waals surface area contributed by atoms with Crippen LogP contribution in [-0.2, 0) is 0 Å². The Balaban J connectivity index is 1.69. The molecule has 1 aliphatic rings. The van der Waals surface area contributed by atoms with Gasteiger partial charge in [-0.3, -0.25) is 0 Å². The van der Waals surface area contributed by atoms with Gasteiger partial charge in [0.05, 0.1) is 0 Å². The summed E-state index contributed by atoms with van der Waals surface area (Å²) in [6.07, 6.45) is 5.07. The fraction of sp³-hybridized carbons (Fsp3) is 0.308. The highest BCUT2D eigenvalue weighted by atomic mass is 79.9. The lowest BCUT2D eigenvalue weighted by atomic mass is 10.3. The molecule has 0 spiro atoms. The van der Waals surface area contributed by atoms with Crippen molar-refractivity contribution < 1.29 is 4.39 Å². The minimum absolute atomic E-state index is 0.302. The maximum atomic E-state index is 13.9. The third kappa shape index (κ3) is 2.72. The molecule has 0 bridgehead atoms. The van der Waals surface area contributed by atoms with Crippen LogP contribution in [0.2, 0.25) is 0 Å². The van der Waals surface area contributed by atoms with Crippen LogP contribution in [0.4, 0.5) is 16.2 Å². The first-order valence-corrected chi connectivity index (χ1v) is 7.11. The lowest BCUT2D eigenvalue weighted by Crippen LogP contribution is -2.47. The van der Waals surface area contributed by atoms with Crippen molar-refractivity contribution >= 4 is 27.7 Å². The standard InChI is InChI=1S/C13H13BrFN5/c14-10-8-11(15)12(18-9-10)19-4-6-20(7-5-19)13-16-2-1-3-17-13/h1-3,8-9H,4-7H2. The Morgan fingerprint density at radius 1 is 1.00 bits per heavy atom. The molecule has 3 rings (SSSR count). The molecular weight excluding hydrogens is 325 g/mol. The highest BCUT2D eigenvalue weighted by Gasteiger charge is 2.21. The van der Waals surface area contributed by atoms with E-state index < -0.39 is 0 Å². The van der Waals surface area contributed by atoms with E-state index in [1.807, 2.05) is 4.90 Å². The molecule has 0 aromatic carbocycles. The van der Waals surface area contributed by atoms with Gasteiger partial charge >= 0.3 is 0 Å². The van der Waals surface area contributed by atoms with Gasteiger partial charge in [0.2, 0.25) is 5.95 Å². The van der Waals surface area contributed by atoms with Crippen LogP contribution in [0.15, 0.2) is 35.2 Å². The van der Waals surface area contributed by atoms with Crippen molar-refractivity contribution in [2.75, 3.05) is 36.0 Å². The highest BCUT2D eigenvalue weighted by molar-refractivity contribution is 9.10. The number of hydrogen-bond donors (Lipinski definition) is 0. The van der Waals surface area contributed by atoms with Gasteiger partial charge in [0.1, 0.15) is 0 Å². The van der Waals surface area contributed by atoms with Gasteiger partial charge in [-0.2, -0.15) is 0 Å². The monoisotopic (exact) mass is 337 g/mol. The van der Waals surface area contributed by atoms with Gasteiger partial charge in [0.25, 0.3) is 0 Å². The zero-order valence-electron chi connectivity index (χ0n) is 10.7. The summed E-state index contributed by atoms with van der Waals surface area (Å²) in [5.41, 5.74) is 0. The van der Waals surface area contributed by atoms with Crippen molar-refractivity contribution in [2.24, 2.45) is 0 Å². The van der Waals surface area contributed by atoms with E-state index in [4.69, 9.17) is 0 Å². The summed E-state index contributed by atoms with van der Waals surface area (Å²) in [6.45, 7) is 2.90. The van der Waals surface area contributed by atoms with Crippen molar-refractivity contribution in [3.8, 4) is 0 Å². The molecule has 2 aromatic rings. The van der Waals surface area contributed by atoms with Gasteiger partial charge in [0, 0.05) is 49.2 Å². The van der Waals surface area contributed by atoms with E-state index in [1.54, 1.807) is 24.7 Å². The number of piperazine rings is 1. The Morgan fingerprint density at radius 2 is 1.65 bits per heavy atom. The summed E-state index contributed by atoms with van der Waals surface area (Å²) in [5.74, 6) is 0.821. The van der Waals surface area contributed by atoms with Crippen molar-refractivity contribution in [3.05, 3.63) is 41.0 Å². The van der Waals surface area contributed by atoms with Crippen LogP contribution < -0.4 is 9.80 Å². The fourth-order valence-electron chi connectivity index (χ4n) is 2.21. The molecule has 7 heteroatoms. The molecule has 104 valence electrons. The van der Waals surface area contributed by atoms with Gasteiger partial charge in [0.15, 0.2) is 11.6 Å². The maximum absolute atomic E-state index is 13.9. The first kappa shape index (κ1) is 13.2. The molecule has 0 saturated carbocycles. The van der Waals surface area contributed by atoms with Crippen LogP contribution in [0.5, 0.6) is 0 Å². The zero-order chi connectivity index (χ0) is 13.9. The molecule has 20 heavy (non-hydrogen) atoms. The molecule has 1 fully saturated rings. The lowest BCUT2D eigenvalue weighted by molar-refractivity contribution is 0.584. The number of nitrogens with zero attached hydrogens (tertiary/aromatic N) is 5. The maximum Gasteiger partial charge on any atom is 0.225 e. The quantitative estimate of drug-likeness (QED) is 0.839. The molecule has 1 aliphatic heterocycles. The van der Waals surface area contributed by atoms with Crippen molar-refractivity contribution in [1.29, 1.82) is 0 Å². The second kappa shape index (κ2) is 5.70. The van der Waals surface area contributed by atoms with Gasteiger partial charge < -0.3 is 9.80 Å². The SMILES string of the molecule is Fc1cc(Br)cnc1N1CCN(c2ncccn2)CC1. The molecule has 5 nitrogen and oxygen atoms in total. The van der Waals surface area contributed by atoms with Crippen molar-refractivity contribution in [3.63, 3.8) is 0 Å². The molecule has 0 aliphatic carbocycles. The Kier molecular flexibility index (Phi) is 3.77. The molecule has 0 atom stereocenters. The highest BCUT2D eigenvalue weighted by Crippen LogP contribution is 2.21. The summed E-state index contributed by atoms with van der Waals surface area (Å²) in [6, 6.07) is 3.23.